The molecular weight excluding hydrogens is 266 g/mol. The van der Waals surface area contributed by atoms with Crippen molar-refractivity contribution in [3.8, 4) is 0 Å². The van der Waals surface area contributed by atoms with Crippen LogP contribution in [0.2, 0.25) is 0 Å². The second kappa shape index (κ2) is 8.14. The number of thioether (sulfide) groups is 1. The fourth-order valence-corrected chi connectivity index (χ4v) is 2.60. The Kier molecular flexibility index (Phi) is 6.83. The van der Waals surface area contributed by atoms with E-state index in [-0.39, 0.29) is 5.56 Å². The van der Waals surface area contributed by atoms with E-state index in [1.54, 1.807) is 20.1 Å². The zero-order valence-electron chi connectivity index (χ0n) is 11.4. The summed E-state index contributed by atoms with van der Waals surface area (Å²) < 4.78 is 10.2. The topological polar surface area (TPSA) is 68.7 Å². The first-order valence-corrected chi connectivity index (χ1v) is 6.95. The lowest BCUT2D eigenvalue weighted by Crippen LogP contribution is -2.08. The molecule has 0 radical (unpaired) electrons. The van der Waals surface area contributed by atoms with Gasteiger partial charge in [-0.2, -0.15) is 0 Å². The van der Waals surface area contributed by atoms with Crippen LogP contribution in [0.4, 0.5) is 0 Å². The Hall–Kier alpha value is -1.11. The van der Waals surface area contributed by atoms with Crippen LogP contribution in [0.15, 0.2) is 11.1 Å². The van der Waals surface area contributed by atoms with Crippen molar-refractivity contribution in [2.75, 3.05) is 32.7 Å². The summed E-state index contributed by atoms with van der Waals surface area (Å²) in [7, 11) is 1.62. The number of aromatic nitrogens is 1. The second-order valence-electron chi connectivity index (χ2n) is 4.02. The molecule has 0 aliphatic carbocycles. The summed E-state index contributed by atoms with van der Waals surface area (Å²) >= 11 is 1.40. The van der Waals surface area contributed by atoms with Gasteiger partial charge in [-0.15, -0.1) is 11.8 Å². The first-order chi connectivity index (χ1) is 9.06. The molecule has 1 heterocycles. The van der Waals surface area contributed by atoms with Gasteiger partial charge in [-0.1, -0.05) is 0 Å². The molecule has 1 aromatic heterocycles. The average Bonchev–Trinajstić information content (AvgIpc) is 2.32. The van der Waals surface area contributed by atoms with Gasteiger partial charge in [-0.25, -0.2) is 9.78 Å². The minimum Gasteiger partial charge on any atom is -0.478 e. The summed E-state index contributed by atoms with van der Waals surface area (Å²) in [5.41, 5.74) is 1.85. The fraction of sp³-hybridized carbons (Fsp3) is 0.538. The molecule has 1 aromatic rings. The third kappa shape index (κ3) is 5.18. The highest BCUT2D eigenvalue weighted by Crippen LogP contribution is 2.24. The van der Waals surface area contributed by atoms with Crippen LogP contribution in [-0.4, -0.2) is 48.7 Å². The van der Waals surface area contributed by atoms with Crippen LogP contribution in [-0.2, 0) is 9.47 Å². The number of aryl methyl sites for hydroxylation is 2. The van der Waals surface area contributed by atoms with E-state index < -0.39 is 5.97 Å². The molecule has 1 N–H and O–H groups in total. The van der Waals surface area contributed by atoms with Gasteiger partial charge in [0.2, 0.25) is 0 Å². The molecule has 0 aliphatic heterocycles. The highest BCUT2D eigenvalue weighted by Gasteiger charge is 2.15. The summed E-state index contributed by atoms with van der Waals surface area (Å²) in [5, 5.41) is 9.76. The highest BCUT2D eigenvalue weighted by atomic mass is 32.2. The van der Waals surface area contributed by atoms with Gasteiger partial charge in [0, 0.05) is 18.6 Å². The van der Waals surface area contributed by atoms with Gasteiger partial charge < -0.3 is 14.6 Å². The lowest BCUT2D eigenvalue weighted by molar-refractivity contribution is 0.0691. The zero-order valence-corrected chi connectivity index (χ0v) is 12.2. The standard InChI is InChI=1S/C13H19NO4S/c1-9-8-10(2)14-12(11(9)13(15)16)19-7-6-18-5-4-17-3/h8H,4-7H2,1-3H3,(H,15,16). The summed E-state index contributed by atoms with van der Waals surface area (Å²) in [4.78, 5) is 15.5. The van der Waals surface area contributed by atoms with Crippen molar-refractivity contribution in [1.82, 2.24) is 4.98 Å². The van der Waals surface area contributed by atoms with Gasteiger partial charge >= 0.3 is 5.97 Å². The van der Waals surface area contributed by atoms with E-state index >= 15 is 0 Å². The van der Waals surface area contributed by atoms with E-state index in [1.807, 2.05) is 6.92 Å². The number of nitrogens with zero attached hydrogens (tertiary/aromatic N) is 1. The third-order valence-corrected chi connectivity index (χ3v) is 3.36. The van der Waals surface area contributed by atoms with Crippen LogP contribution < -0.4 is 0 Å². The Balaban J connectivity index is 2.59. The molecule has 1 rings (SSSR count). The molecule has 6 heteroatoms. The SMILES string of the molecule is COCCOCCSc1nc(C)cc(C)c1C(=O)O. The molecule has 0 fully saturated rings. The number of carboxylic acid groups (broad SMARTS) is 1. The van der Waals surface area contributed by atoms with Gasteiger partial charge in [-0.05, 0) is 25.5 Å². The molecule has 5 nitrogen and oxygen atoms in total. The molecular formula is C13H19NO4S. The van der Waals surface area contributed by atoms with Crippen molar-refractivity contribution in [3.05, 3.63) is 22.9 Å². The molecule has 0 atom stereocenters. The maximum atomic E-state index is 11.2. The smallest absolute Gasteiger partial charge is 0.338 e. The largest absolute Gasteiger partial charge is 0.478 e. The van der Waals surface area contributed by atoms with E-state index in [2.05, 4.69) is 4.98 Å². The maximum Gasteiger partial charge on any atom is 0.338 e. The van der Waals surface area contributed by atoms with Gasteiger partial charge in [-0.3, -0.25) is 0 Å². The minimum absolute atomic E-state index is 0.285. The van der Waals surface area contributed by atoms with Crippen molar-refractivity contribution in [3.63, 3.8) is 0 Å². The molecule has 106 valence electrons. The number of carbonyl (C=O) groups is 1. The summed E-state index contributed by atoms with van der Waals surface area (Å²) in [6.45, 7) is 5.30. The minimum atomic E-state index is -0.937. The number of carboxylic acids is 1. The first kappa shape index (κ1) is 15.9. The summed E-state index contributed by atoms with van der Waals surface area (Å²) in [5.74, 6) is -0.271. The van der Waals surface area contributed by atoms with Crippen molar-refractivity contribution in [2.45, 2.75) is 18.9 Å². The normalized spacial score (nSPS) is 10.7. The van der Waals surface area contributed by atoms with Crippen LogP contribution in [0.1, 0.15) is 21.6 Å². The highest BCUT2D eigenvalue weighted by molar-refractivity contribution is 7.99. The lowest BCUT2D eigenvalue weighted by Gasteiger charge is -2.09. The number of rotatable bonds is 8. The molecule has 0 amide bonds. The quantitative estimate of drug-likeness (QED) is 0.583. The maximum absolute atomic E-state index is 11.2. The monoisotopic (exact) mass is 285 g/mol. The van der Waals surface area contributed by atoms with E-state index in [9.17, 15) is 9.90 Å². The first-order valence-electron chi connectivity index (χ1n) is 5.97. The Morgan fingerprint density at radius 2 is 2.11 bits per heavy atom. The number of aromatic carboxylic acids is 1. The molecule has 0 saturated carbocycles. The van der Waals surface area contributed by atoms with Crippen LogP contribution in [0, 0.1) is 13.8 Å². The predicted molar refractivity (Wildman–Crippen MR) is 74.1 cm³/mol. The lowest BCUT2D eigenvalue weighted by atomic mass is 10.1. The third-order valence-electron chi connectivity index (χ3n) is 2.42. The van der Waals surface area contributed by atoms with Crippen molar-refractivity contribution in [1.29, 1.82) is 0 Å². The Morgan fingerprint density at radius 3 is 2.74 bits per heavy atom. The van der Waals surface area contributed by atoms with Crippen molar-refractivity contribution < 1.29 is 19.4 Å². The molecule has 0 aliphatic rings. The van der Waals surface area contributed by atoms with Gasteiger partial charge in [0.1, 0.15) is 5.03 Å². The van der Waals surface area contributed by atoms with E-state index in [1.165, 1.54) is 11.8 Å². The number of methoxy groups -OCH3 is 1. The van der Waals surface area contributed by atoms with Crippen molar-refractivity contribution >= 4 is 17.7 Å². The van der Waals surface area contributed by atoms with Gasteiger partial charge in [0.05, 0.1) is 25.4 Å². The molecule has 0 aromatic carbocycles. The second-order valence-corrected chi connectivity index (χ2v) is 5.10. The number of pyridine rings is 1. The number of hydrogen-bond donors (Lipinski definition) is 1. The van der Waals surface area contributed by atoms with Gasteiger partial charge in [0.15, 0.2) is 0 Å². The predicted octanol–water partition coefficient (Wildman–Crippen LogP) is 2.15. The summed E-state index contributed by atoms with van der Waals surface area (Å²) in [6.07, 6.45) is 0. The zero-order chi connectivity index (χ0) is 14.3. The fourth-order valence-electron chi connectivity index (χ4n) is 1.61. The Morgan fingerprint density at radius 1 is 1.37 bits per heavy atom. The van der Waals surface area contributed by atoms with E-state index in [4.69, 9.17) is 9.47 Å². The van der Waals surface area contributed by atoms with E-state index in [0.29, 0.717) is 30.6 Å². The summed E-state index contributed by atoms with van der Waals surface area (Å²) in [6, 6.07) is 1.78. The van der Waals surface area contributed by atoms with Crippen LogP contribution in [0.3, 0.4) is 0 Å². The van der Waals surface area contributed by atoms with Gasteiger partial charge in [0.25, 0.3) is 0 Å². The van der Waals surface area contributed by atoms with Crippen LogP contribution in [0.5, 0.6) is 0 Å². The van der Waals surface area contributed by atoms with Crippen LogP contribution in [0.25, 0.3) is 0 Å². The van der Waals surface area contributed by atoms with Crippen LogP contribution >= 0.6 is 11.8 Å². The van der Waals surface area contributed by atoms with E-state index in [0.717, 1.165) is 11.3 Å². The Bertz CT molecular complexity index is 437. The molecule has 19 heavy (non-hydrogen) atoms. The Labute approximate surface area is 117 Å². The molecule has 0 saturated heterocycles. The average molecular weight is 285 g/mol. The molecule has 0 spiro atoms. The molecule has 0 bridgehead atoms. The van der Waals surface area contributed by atoms with Crippen molar-refractivity contribution in [2.24, 2.45) is 0 Å². The number of ether oxygens (including phenoxy) is 2. The number of hydrogen-bond acceptors (Lipinski definition) is 5. The molecule has 0 unspecified atom stereocenters.